The first-order valence-electron chi connectivity index (χ1n) is 12.9. The zero-order valence-electron chi connectivity index (χ0n) is 22.8. The zero-order chi connectivity index (χ0) is 30.4. The van der Waals surface area contributed by atoms with Gasteiger partial charge in [-0.3, -0.25) is 4.55 Å². The SMILES string of the molecule is C[n+]1ccn(-c2ccc(NC(=O)Nc3ccc(NC(=O)Nc4ccc(-n5cc[n+](CCS(=O)(=O)O)n5)cc4)cc3)cc2)n1. The molecule has 0 aliphatic carbocycles. The summed E-state index contributed by atoms with van der Waals surface area (Å²) in [5.74, 6) is -0.441. The van der Waals surface area contributed by atoms with Crippen molar-refractivity contribution in [1.82, 2.24) is 19.8 Å². The Hall–Kier alpha value is -5.61. The molecule has 0 radical (unpaired) electrons. The van der Waals surface area contributed by atoms with E-state index in [0.717, 1.165) is 5.69 Å². The monoisotopic (exact) mass is 604 g/mol. The topological polar surface area (TPSA) is 180 Å². The Morgan fingerprint density at radius 2 is 1.09 bits per heavy atom. The second-order valence-electron chi connectivity index (χ2n) is 9.32. The van der Waals surface area contributed by atoms with Gasteiger partial charge in [0, 0.05) is 22.7 Å². The van der Waals surface area contributed by atoms with Gasteiger partial charge in [-0.05, 0) is 72.8 Å². The molecule has 3 aromatic carbocycles. The van der Waals surface area contributed by atoms with E-state index < -0.39 is 27.9 Å². The molecule has 16 heteroatoms. The highest BCUT2D eigenvalue weighted by molar-refractivity contribution is 7.85. The zero-order valence-corrected chi connectivity index (χ0v) is 23.6. The van der Waals surface area contributed by atoms with Crippen molar-refractivity contribution >= 4 is 44.9 Å². The summed E-state index contributed by atoms with van der Waals surface area (Å²) < 4.78 is 37.1. The molecular formula is C27H28N10O5S+2. The maximum absolute atomic E-state index is 12.5. The van der Waals surface area contributed by atoms with Crippen LogP contribution < -0.4 is 30.6 Å². The van der Waals surface area contributed by atoms with E-state index in [4.69, 9.17) is 4.55 Å². The number of carbonyl (C=O) groups excluding carboxylic acids is 2. The van der Waals surface area contributed by atoms with Crippen molar-refractivity contribution in [1.29, 1.82) is 0 Å². The van der Waals surface area contributed by atoms with Crippen molar-refractivity contribution in [2.45, 2.75) is 6.54 Å². The largest absolute Gasteiger partial charge is 0.323 e. The van der Waals surface area contributed by atoms with Crippen molar-refractivity contribution in [3.8, 4) is 11.4 Å². The summed E-state index contributed by atoms with van der Waals surface area (Å²) >= 11 is 0. The molecule has 0 unspecified atom stereocenters. The number of hydrogen-bond acceptors (Lipinski definition) is 6. The molecule has 0 aliphatic rings. The van der Waals surface area contributed by atoms with Gasteiger partial charge in [0.15, 0.2) is 36.2 Å². The third-order valence-electron chi connectivity index (χ3n) is 6.01. The van der Waals surface area contributed by atoms with Crippen LogP contribution in [0.4, 0.5) is 32.3 Å². The molecule has 43 heavy (non-hydrogen) atoms. The average molecular weight is 605 g/mol. The lowest BCUT2D eigenvalue weighted by Gasteiger charge is -2.10. The minimum absolute atomic E-state index is 0.0114. The fraction of sp³-hybridized carbons (Fsp3) is 0.111. The molecule has 2 aromatic heterocycles. The molecule has 220 valence electrons. The molecule has 0 fully saturated rings. The number of aryl methyl sites for hydroxylation is 2. The highest BCUT2D eigenvalue weighted by Gasteiger charge is 2.13. The van der Waals surface area contributed by atoms with E-state index in [1.807, 2.05) is 31.6 Å². The molecule has 0 bridgehead atoms. The second-order valence-corrected chi connectivity index (χ2v) is 10.9. The van der Waals surface area contributed by atoms with Gasteiger partial charge < -0.3 is 21.3 Å². The van der Waals surface area contributed by atoms with Crippen LogP contribution in [0.25, 0.3) is 11.4 Å². The first-order chi connectivity index (χ1) is 20.6. The molecule has 5 rings (SSSR count). The van der Waals surface area contributed by atoms with Crippen LogP contribution in [0.5, 0.6) is 0 Å². The van der Waals surface area contributed by atoms with Gasteiger partial charge in [-0.15, -0.1) is 18.7 Å². The Kier molecular flexibility index (Phi) is 8.40. The van der Waals surface area contributed by atoms with Crippen molar-refractivity contribution in [2.24, 2.45) is 7.05 Å². The summed E-state index contributed by atoms with van der Waals surface area (Å²) in [5.41, 5.74) is 3.76. The minimum Gasteiger partial charge on any atom is -0.308 e. The fourth-order valence-electron chi connectivity index (χ4n) is 3.92. The van der Waals surface area contributed by atoms with E-state index in [1.54, 1.807) is 82.4 Å². The number of hydrogen-bond donors (Lipinski definition) is 5. The highest BCUT2D eigenvalue weighted by Crippen LogP contribution is 2.17. The van der Waals surface area contributed by atoms with Crippen LogP contribution in [0.15, 0.2) is 97.6 Å². The number of carbonyl (C=O) groups is 2. The molecule has 5 aromatic rings. The van der Waals surface area contributed by atoms with Crippen LogP contribution in [0, 0.1) is 0 Å². The van der Waals surface area contributed by atoms with Gasteiger partial charge >= 0.3 is 12.1 Å². The number of nitrogens with zero attached hydrogens (tertiary/aromatic N) is 6. The van der Waals surface area contributed by atoms with E-state index in [-0.39, 0.29) is 6.54 Å². The van der Waals surface area contributed by atoms with E-state index >= 15 is 0 Å². The molecule has 15 nitrogen and oxygen atoms in total. The average Bonchev–Trinajstić information content (AvgIpc) is 3.63. The van der Waals surface area contributed by atoms with Gasteiger partial charge in [-0.1, -0.05) is 0 Å². The second kappa shape index (κ2) is 12.5. The Bertz CT molecular complexity index is 1830. The van der Waals surface area contributed by atoms with Crippen LogP contribution in [0.2, 0.25) is 0 Å². The number of rotatable bonds is 9. The van der Waals surface area contributed by atoms with Crippen molar-refractivity contribution in [3.05, 3.63) is 97.6 Å². The van der Waals surface area contributed by atoms with Crippen LogP contribution >= 0.6 is 0 Å². The van der Waals surface area contributed by atoms with Gasteiger partial charge in [-0.2, -0.15) is 8.42 Å². The summed E-state index contributed by atoms with van der Waals surface area (Å²) in [5, 5.41) is 19.5. The smallest absolute Gasteiger partial charge is 0.308 e. The van der Waals surface area contributed by atoms with Crippen LogP contribution in [-0.4, -0.2) is 50.6 Å². The summed E-state index contributed by atoms with van der Waals surface area (Å²) in [6.07, 6.45) is 6.88. The maximum Gasteiger partial charge on any atom is 0.323 e. The molecule has 4 amide bonds. The number of nitrogens with one attached hydrogen (secondary N) is 4. The Labute approximate surface area is 246 Å². The molecule has 0 saturated carbocycles. The summed E-state index contributed by atoms with van der Waals surface area (Å²) in [6.45, 7) is 0.0114. The van der Waals surface area contributed by atoms with Crippen molar-refractivity contribution in [3.63, 3.8) is 0 Å². The molecule has 0 saturated heterocycles. The number of aromatic nitrogens is 6. The molecule has 0 aliphatic heterocycles. The standard InChI is InChI=1S/C27H26N10O5S/c1-34-14-16-36(32-34)24-10-6-22(7-11-24)30-26(38)28-20-2-4-21(5-3-20)29-27(39)31-23-8-12-25(13-9-23)37-17-15-35(33-37)18-19-43(40,41)42/h2-17,33H,18-19H2,1H3,(H2-,30,31,32,38,39,40,41,42)/p+2. The Morgan fingerprint density at radius 1 is 0.698 bits per heavy atom. The van der Waals surface area contributed by atoms with E-state index in [1.165, 1.54) is 9.36 Å². The third kappa shape index (κ3) is 8.21. The number of amides is 4. The van der Waals surface area contributed by atoms with E-state index in [2.05, 4.69) is 31.7 Å². The predicted molar refractivity (Wildman–Crippen MR) is 157 cm³/mol. The van der Waals surface area contributed by atoms with Crippen molar-refractivity contribution in [2.75, 3.05) is 27.0 Å². The van der Waals surface area contributed by atoms with E-state index in [9.17, 15) is 18.0 Å². The molecule has 5 N–H and O–H groups in total. The lowest BCUT2D eigenvalue weighted by Crippen LogP contribution is -2.39. The number of benzene rings is 3. The van der Waals surface area contributed by atoms with Gasteiger partial charge in [0.05, 0.1) is 10.4 Å². The van der Waals surface area contributed by atoms with E-state index in [0.29, 0.717) is 28.4 Å². The van der Waals surface area contributed by atoms with Crippen molar-refractivity contribution < 1.29 is 31.9 Å². The summed E-state index contributed by atoms with van der Waals surface area (Å²) in [6, 6.07) is 19.9. The van der Waals surface area contributed by atoms with Crippen LogP contribution in [0.3, 0.4) is 0 Å². The highest BCUT2D eigenvalue weighted by atomic mass is 32.2. The molecule has 2 heterocycles. The lowest BCUT2D eigenvalue weighted by atomic mass is 10.2. The summed E-state index contributed by atoms with van der Waals surface area (Å²) in [7, 11) is -2.25. The Morgan fingerprint density at radius 3 is 1.49 bits per heavy atom. The molecular weight excluding hydrogens is 576 g/mol. The number of anilines is 4. The molecule has 0 atom stereocenters. The molecule has 0 spiro atoms. The third-order valence-corrected chi connectivity index (χ3v) is 6.71. The van der Waals surface area contributed by atoms with Gasteiger partial charge in [0.25, 0.3) is 10.1 Å². The van der Waals surface area contributed by atoms with Gasteiger partial charge in [0.2, 0.25) is 0 Å². The quantitative estimate of drug-likeness (QED) is 0.126. The normalized spacial score (nSPS) is 11.1. The predicted octanol–water partition coefficient (Wildman–Crippen LogP) is 2.35. The first kappa shape index (κ1) is 28.9. The van der Waals surface area contributed by atoms with Crippen LogP contribution in [-0.2, 0) is 23.7 Å². The fourth-order valence-corrected chi connectivity index (χ4v) is 4.33. The Balaban J connectivity index is 1.08. The number of urea groups is 2. The van der Waals surface area contributed by atoms with Gasteiger partial charge in [-0.25, -0.2) is 9.59 Å². The first-order valence-corrected chi connectivity index (χ1v) is 14.5. The summed E-state index contributed by atoms with van der Waals surface area (Å²) in [4.78, 5) is 24.9. The lowest BCUT2D eigenvalue weighted by molar-refractivity contribution is -0.750. The van der Waals surface area contributed by atoms with Crippen LogP contribution in [0.1, 0.15) is 0 Å². The minimum atomic E-state index is -4.08. The van der Waals surface area contributed by atoms with Gasteiger partial charge in [0.1, 0.15) is 19.3 Å². The maximum atomic E-state index is 12.5.